The number of halogens is 1. The highest BCUT2D eigenvalue weighted by molar-refractivity contribution is 6.33. The normalized spacial score (nSPS) is 10.3. The summed E-state index contributed by atoms with van der Waals surface area (Å²) in [5.41, 5.74) is 7.96. The molecule has 2 rings (SSSR count). The molecule has 2 N–H and O–H groups in total. The molecule has 0 amide bonds. The van der Waals surface area contributed by atoms with Crippen molar-refractivity contribution >= 4 is 17.3 Å². The zero-order chi connectivity index (χ0) is 10.8. The quantitative estimate of drug-likeness (QED) is 0.751. The molecule has 4 heteroatoms. The van der Waals surface area contributed by atoms with Gasteiger partial charge in [0.25, 0.3) is 0 Å². The molecular weight excluding hydrogens is 210 g/mol. The Balaban J connectivity index is 2.54. The Morgan fingerprint density at radius 2 is 2.07 bits per heavy atom. The Hall–Kier alpha value is -1.61. The third-order valence-electron chi connectivity index (χ3n) is 2.03. The molecule has 1 aromatic heterocycles. The molecule has 0 atom stereocenters. The number of nitrogens with two attached hydrogens (primary N) is 1. The third kappa shape index (κ3) is 2.07. The number of hydrogen-bond donors (Lipinski definition) is 1. The Morgan fingerprint density at radius 1 is 1.27 bits per heavy atom. The molecule has 0 aliphatic carbocycles. The topological polar surface area (TPSA) is 51.8 Å². The van der Waals surface area contributed by atoms with Crippen molar-refractivity contribution in [3.05, 3.63) is 41.2 Å². The average Bonchev–Trinajstić information content (AvgIpc) is 2.17. The van der Waals surface area contributed by atoms with Crippen molar-refractivity contribution in [1.29, 1.82) is 0 Å². The van der Waals surface area contributed by atoms with Gasteiger partial charge in [0.2, 0.25) is 0 Å². The fourth-order valence-electron chi connectivity index (χ4n) is 1.29. The summed E-state index contributed by atoms with van der Waals surface area (Å²) in [6.45, 7) is 1.91. The van der Waals surface area contributed by atoms with Crippen LogP contribution >= 0.6 is 11.6 Å². The second-order valence-corrected chi connectivity index (χ2v) is 3.67. The Labute approximate surface area is 92.9 Å². The zero-order valence-electron chi connectivity index (χ0n) is 8.24. The highest BCUT2D eigenvalue weighted by atomic mass is 35.5. The maximum Gasteiger partial charge on any atom is 0.160 e. The molecule has 15 heavy (non-hydrogen) atoms. The average molecular weight is 220 g/mol. The van der Waals surface area contributed by atoms with Gasteiger partial charge < -0.3 is 5.73 Å². The number of benzene rings is 1. The maximum absolute atomic E-state index is 6.06. The standard InChI is InChI=1S/C11H10ClN3/c1-7-4-5-14-11(15-7)9-3-2-8(13)6-10(9)12/h2-6H,13H2,1H3. The molecule has 0 radical (unpaired) electrons. The van der Waals surface area contributed by atoms with E-state index >= 15 is 0 Å². The summed E-state index contributed by atoms with van der Waals surface area (Å²) < 4.78 is 0. The van der Waals surface area contributed by atoms with Crippen LogP contribution in [0.25, 0.3) is 11.4 Å². The first-order valence-electron chi connectivity index (χ1n) is 4.52. The first kappa shape index (κ1) is 9.93. The summed E-state index contributed by atoms with van der Waals surface area (Å²) in [6.07, 6.45) is 1.71. The highest BCUT2D eigenvalue weighted by Crippen LogP contribution is 2.26. The smallest absolute Gasteiger partial charge is 0.160 e. The van der Waals surface area contributed by atoms with Crippen LogP contribution in [0.15, 0.2) is 30.5 Å². The van der Waals surface area contributed by atoms with Crippen LogP contribution in [-0.4, -0.2) is 9.97 Å². The van der Waals surface area contributed by atoms with Gasteiger partial charge in [0, 0.05) is 23.1 Å². The van der Waals surface area contributed by atoms with E-state index in [0.29, 0.717) is 16.5 Å². The van der Waals surface area contributed by atoms with Crippen molar-refractivity contribution in [3.63, 3.8) is 0 Å². The van der Waals surface area contributed by atoms with Crippen molar-refractivity contribution in [2.24, 2.45) is 0 Å². The van der Waals surface area contributed by atoms with Crippen LogP contribution < -0.4 is 5.73 Å². The number of hydrogen-bond acceptors (Lipinski definition) is 3. The first-order valence-corrected chi connectivity index (χ1v) is 4.89. The van der Waals surface area contributed by atoms with Gasteiger partial charge in [-0.05, 0) is 31.2 Å². The predicted octanol–water partition coefficient (Wildman–Crippen LogP) is 2.69. The zero-order valence-corrected chi connectivity index (χ0v) is 8.99. The molecule has 0 spiro atoms. The lowest BCUT2D eigenvalue weighted by atomic mass is 10.2. The van der Waals surface area contributed by atoms with Crippen LogP contribution in [-0.2, 0) is 0 Å². The lowest BCUT2D eigenvalue weighted by Crippen LogP contribution is -1.92. The van der Waals surface area contributed by atoms with Gasteiger partial charge in [-0.2, -0.15) is 0 Å². The summed E-state index contributed by atoms with van der Waals surface area (Å²) in [7, 11) is 0. The molecule has 0 saturated carbocycles. The molecule has 0 aliphatic heterocycles. The van der Waals surface area contributed by atoms with E-state index in [0.717, 1.165) is 11.3 Å². The highest BCUT2D eigenvalue weighted by Gasteiger charge is 2.06. The molecule has 0 unspecified atom stereocenters. The summed E-state index contributed by atoms with van der Waals surface area (Å²) >= 11 is 6.06. The summed E-state index contributed by atoms with van der Waals surface area (Å²) in [5.74, 6) is 0.625. The Morgan fingerprint density at radius 3 is 2.73 bits per heavy atom. The molecule has 0 bridgehead atoms. The molecular formula is C11H10ClN3. The van der Waals surface area contributed by atoms with Crippen molar-refractivity contribution < 1.29 is 0 Å². The largest absolute Gasteiger partial charge is 0.399 e. The van der Waals surface area contributed by atoms with E-state index in [4.69, 9.17) is 17.3 Å². The van der Waals surface area contributed by atoms with Crippen LogP contribution in [0, 0.1) is 6.92 Å². The number of aromatic nitrogens is 2. The lowest BCUT2D eigenvalue weighted by molar-refractivity contribution is 1.11. The predicted molar refractivity (Wildman–Crippen MR) is 61.6 cm³/mol. The minimum Gasteiger partial charge on any atom is -0.399 e. The molecule has 3 nitrogen and oxygen atoms in total. The van der Waals surface area contributed by atoms with E-state index < -0.39 is 0 Å². The number of nitrogen functional groups attached to an aromatic ring is 1. The van der Waals surface area contributed by atoms with Crippen LogP contribution in [0.3, 0.4) is 0 Å². The first-order chi connectivity index (χ1) is 7.16. The number of nitrogens with zero attached hydrogens (tertiary/aromatic N) is 2. The minimum atomic E-state index is 0.570. The molecule has 0 aliphatic rings. The molecule has 0 saturated heterocycles. The number of rotatable bonds is 1. The van der Waals surface area contributed by atoms with Crippen molar-refractivity contribution in [1.82, 2.24) is 9.97 Å². The van der Waals surface area contributed by atoms with Crippen molar-refractivity contribution in [2.75, 3.05) is 5.73 Å². The molecule has 76 valence electrons. The van der Waals surface area contributed by atoms with Crippen LogP contribution in [0.4, 0.5) is 5.69 Å². The fraction of sp³-hybridized carbons (Fsp3) is 0.0909. The lowest BCUT2D eigenvalue weighted by Gasteiger charge is -2.04. The van der Waals surface area contributed by atoms with Crippen LogP contribution in [0.1, 0.15) is 5.69 Å². The van der Waals surface area contributed by atoms with Gasteiger partial charge in [-0.3, -0.25) is 0 Å². The monoisotopic (exact) mass is 219 g/mol. The van der Waals surface area contributed by atoms with Crippen molar-refractivity contribution in [3.8, 4) is 11.4 Å². The summed E-state index contributed by atoms with van der Waals surface area (Å²) in [6, 6.07) is 7.15. The van der Waals surface area contributed by atoms with Gasteiger partial charge in [0.1, 0.15) is 0 Å². The van der Waals surface area contributed by atoms with Gasteiger partial charge in [0.05, 0.1) is 5.02 Å². The second-order valence-electron chi connectivity index (χ2n) is 3.26. The summed E-state index contributed by atoms with van der Waals surface area (Å²) in [4.78, 5) is 8.46. The molecule has 1 aromatic carbocycles. The maximum atomic E-state index is 6.06. The third-order valence-corrected chi connectivity index (χ3v) is 2.34. The van der Waals surface area contributed by atoms with Gasteiger partial charge in [-0.15, -0.1) is 0 Å². The van der Waals surface area contributed by atoms with Gasteiger partial charge in [-0.25, -0.2) is 9.97 Å². The SMILES string of the molecule is Cc1ccnc(-c2ccc(N)cc2Cl)n1. The van der Waals surface area contributed by atoms with E-state index in [9.17, 15) is 0 Å². The number of anilines is 1. The fourth-order valence-corrected chi connectivity index (χ4v) is 1.56. The molecule has 1 heterocycles. The van der Waals surface area contributed by atoms with Crippen LogP contribution in [0.2, 0.25) is 5.02 Å². The Kier molecular flexibility index (Phi) is 2.56. The minimum absolute atomic E-state index is 0.570. The van der Waals surface area contributed by atoms with E-state index in [2.05, 4.69) is 9.97 Å². The Bertz CT molecular complexity index is 497. The van der Waals surface area contributed by atoms with Gasteiger partial charge in [0.15, 0.2) is 5.82 Å². The van der Waals surface area contributed by atoms with Crippen molar-refractivity contribution in [2.45, 2.75) is 6.92 Å². The van der Waals surface area contributed by atoms with E-state index in [1.165, 1.54) is 0 Å². The summed E-state index contributed by atoms with van der Waals surface area (Å²) in [5, 5.41) is 0.570. The van der Waals surface area contributed by atoms with Crippen LogP contribution in [0.5, 0.6) is 0 Å². The molecule has 2 aromatic rings. The van der Waals surface area contributed by atoms with E-state index in [1.54, 1.807) is 18.3 Å². The van der Waals surface area contributed by atoms with Gasteiger partial charge >= 0.3 is 0 Å². The van der Waals surface area contributed by atoms with E-state index in [-0.39, 0.29) is 0 Å². The van der Waals surface area contributed by atoms with E-state index in [1.807, 2.05) is 19.1 Å². The van der Waals surface area contributed by atoms with Gasteiger partial charge in [-0.1, -0.05) is 11.6 Å². The second kappa shape index (κ2) is 3.87. The number of aryl methyl sites for hydroxylation is 1. The molecule has 0 fully saturated rings.